The number of thiazole rings is 1. The summed E-state index contributed by atoms with van der Waals surface area (Å²) >= 11 is 3.31. The maximum Gasteiger partial charge on any atom is 0.162 e. The molecule has 0 saturated carbocycles. The standard InChI is InChI=1S/C14H20N2O2S2/c1-9-4-5-12(18-9)14-16-7-11(20-14)6-15-10(2)13(8-17)19-3/h4-5,7,10,13,15,17H,6,8H2,1-3H3. The van der Waals surface area contributed by atoms with Crippen LogP contribution in [0.3, 0.4) is 0 Å². The van der Waals surface area contributed by atoms with Crippen LogP contribution in [0, 0.1) is 6.92 Å². The third-order valence-electron chi connectivity index (χ3n) is 3.14. The van der Waals surface area contributed by atoms with E-state index in [2.05, 4.69) is 17.2 Å². The summed E-state index contributed by atoms with van der Waals surface area (Å²) in [5, 5.41) is 13.8. The van der Waals surface area contributed by atoms with Gasteiger partial charge in [0.25, 0.3) is 0 Å². The van der Waals surface area contributed by atoms with Crippen molar-refractivity contribution in [2.24, 2.45) is 0 Å². The van der Waals surface area contributed by atoms with Crippen molar-refractivity contribution in [2.45, 2.75) is 31.7 Å². The van der Waals surface area contributed by atoms with E-state index in [9.17, 15) is 5.11 Å². The minimum absolute atomic E-state index is 0.189. The van der Waals surface area contributed by atoms with Gasteiger partial charge in [-0.25, -0.2) is 4.98 Å². The second-order valence-electron chi connectivity index (χ2n) is 4.67. The molecule has 110 valence electrons. The summed E-state index contributed by atoms with van der Waals surface area (Å²) in [5.74, 6) is 1.72. The van der Waals surface area contributed by atoms with Gasteiger partial charge in [-0.15, -0.1) is 11.3 Å². The number of aromatic nitrogens is 1. The SMILES string of the molecule is CSC(CO)C(C)NCc1cnc(-c2ccc(C)o2)s1. The quantitative estimate of drug-likeness (QED) is 0.823. The molecule has 2 unspecified atom stereocenters. The second-order valence-corrected chi connectivity index (χ2v) is 6.86. The van der Waals surface area contributed by atoms with Crippen LogP contribution < -0.4 is 5.32 Å². The van der Waals surface area contributed by atoms with Crippen molar-refractivity contribution in [3.8, 4) is 10.8 Å². The average Bonchev–Trinajstić information content (AvgIpc) is 3.06. The number of nitrogens with one attached hydrogen (secondary N) is 1. The van der Waals surface area contributed by atoms with Crippen molar-refractivity contribution in [3.63, 3.8) is 0 Å². The van der Waals surface area contributed by atoms with Crippen molar-refractivity contribution in [2.75, 3.05) is 12.9 Å². The number of furan rings is 1. The van der Waals surface area contributed by atoms with E-state index >= 15 is 0 Å². The number of thioether (sulfide) groups is 1. The number of hydrogen-bond acceptors (Lipinski definition) is 6. The lowest BCUT2D eigenvalue weighted by atomic mass is 10.2. The highest BCUT2D eigenvalue weighted by Gasteiger charge is 2.15. The third-order valence-corrected chi connectivity index (χ3v) is 5.32. The first-order chi connectivity index (χ1) is 9.63. The van der Waals surface area contributed by atoms with Crippen LogP contribution in [0.15, 0.2) is 22.7 Å². The van der Waals surface area contributed by atoms with Crippen LogP contribution in [0.2, 0.25) is 0 Å². The lowest BCUT2D eigenvalue weighted by Gasteiger charge is -2.20. The Labute approximate surface area is 127 Å². The Hall–Kier alpha value is -0.820. The van der Waals surface area contributed by atoms with Crippen LogP contribution in [0.1, 0.15) is 17.6 Å². The van der Waals surface area contributed by atoms with E-state index in [4.69, 9.17) is 4.42 Å². The number of hydrogen-bond donors (Lipinski definition) is 2. The van der Waals surface area contributed by atoms with Crippen molar-refractivity contribution in [1.82, 2.24) is 10.3 Å². The highest BCUT2D eigenvalue weighted by atomic mass is 32.2. The van der Waals surface area contributed by atoms with Crippen LogP contribution >= 0.6 is 23.1 Å². The van der Waals surface area contributed by atoms with Crippen LogP contribution in [-0.2, 0) is 6.54 Å². The zero-order valence-corrected chi connectivity index (χ0v) is 13.6. The summed E-state index contributed by atoms with van der Waals surface area (Å²) in [4.78, 5) is 5.56. The summed E-state index contributed by atoms with van der Waals surface area (Å²) < 4.78 is 5.57. The predicted molar refractivity (Wildman–Crippen MR) is 85.2 cm³/mol. The number of aryl methyl sites for hydroxylation is 1. The molecular formula is C14H20N2O2S2. The molecule has 2 rings (SSSR count). The van der Waals surface area contributed by atoms with Gasteiger partial charge in [-0.3, -0.25) is 0 Å². The van der Waals surface area contributed by atoms with Gasteiger partial charge in [0.05, 0.1) is 6.61 Å². The first-order valence-corrected chi connectivity index (χ1v) is 8.63. The fourth-order valence-electron chi connectivity index (χ4n) is 1.88. The van der Waals surface area contributed by atoms with E-state index in [1.807, 2.05) is 31.5 Å². The molecule has 0 saturated heterocycles. The number of rotatable bonds is 7. The number of nitrogens with zero attached hydrogens (tertiary/aromatic N) is 1. The molecule has 0 aliphatic heterocycles. The molecule has 20 heavy (non-hydrogen) atoms. The van der Waals surface area contributed by atoms with E-state index in [1.165, 1.54) is 4.88 Å². The summed E-state index contributed by atoms with van der Waals surface area (Å²) in [6.45, 7) is 4.97. The number of aliphatic hydroxyl groups excluding tert-OH is 1. The van der Waals surface area contributed by atoms with Gasteiger partial charge < -0.3 is 14.8 Å². The summed E-state index contributed by atoms with van der Waals surface area (Å²) in [5.41, 5.74) is 0. The molecule has 0 aliphatic carbocycles. The first-order valence-electron chi connectivity index (χ1n) is 6.52. The van der Waals surface area contributed by atoms with Crippen LogP contribution in [-0.4, -0.2) is 34.2 Å². The van der Waals surface area contributed by atoms with Gasteiger partial charge in [0.15, 0.2) is 10.8 Å². The van der Waals surface area contributed by atoms with Crippen molar-refractivity contribution in [1.29, 1.82) is 0 Å². The number of aliphatic hydroxyl groups is 1. The summed E-state index contributed by atoms with van der Waals surface area (Å²) in [7, 11) is 0. The Morgan fingerprint density at radius 2 is 2.30 bits per heavy atom. The smallest absolute Gasteiger partial charge is 0.162 e. The Balaban J connectivity index is 1.93. The molecule has 6 heteroatoms. The van der Waals surface area contributed by atoms with E-state index < -0.39 is 0 Å². The Morgan fingerprint density at radius 3 is 2.90 bits per heavy atom. The highest BCUT2D eigenvalue weighted by molar-refractivity contribution is 7.99. The topological polar surface area (TPSA) is 58.3 Å². The molecule has 2 aromatic heterocycles. The molecule has 2 aromatic rings. The largest absolute Gasteiger partial charge is 0.459 e. The van der Waals surface area contributed by atoms with Gasteiger partial charge in [-0.05, 0) is 32.2 Å². The lowest BCUT2D eigenvalue weighted by Crippen LogP contribution is -2.36. The zero-order valence-electron chi connectivity index (χ0n) is 11.9. The monoisotopic (exact) mass is 312 g/mol. The van der Waals surface area contributed by atoms with E-state index in [0.29, 0.717) is 0 Å². The molecule has 2 N–H and O–H groups in total. The van der Waals surface area contributed by atoms with Crippen LogP contribution in [0.5, 0.6) is 0 Å². The molecule has 0 spiro atoms. The van der Waals surface area contributed by atoms with Crippen molar-refractivity contribution >= 4 is 23.1 Å². The van der Waals surface area contributed by atoms with E-state index in [0.717, 1.165) is 23.1 Å². The molecule has 0 fully saturated rings. The Kier molecular flexibility index (Phi) is 5.65. The molecule has 0 aliphatic rings. The molecule has 0 aromatic carbocycles. The molecule has 2 heterocycles. The van der Waals surface area contributed by atoms with Crippen LogP contribution in [0.25, 0.3) is 10.8 Å². The van der Waals surface area contributed by atoms with Gasteiger partial charge in [-0.1, -0.05) is 0 Å². The minimum atomic E-state index is 0.189. The highest BCUT2D eigenvalue weighted by Crippen LogP contribution is 2.26. The maximum atomic E-state index is 9.27. The molecule has 0 amide bonds. The predicted octanol–water partition coefficient (Wildman–Crippen LogP) is 2.91. The Morgan fingerprint density at radius 1 is 1.50 bits per heavy atom. The van der Waals surface area contributed by atoms with Crippen molar-refractivity contribution in [3.05, 3.63) is 29.0 Å². The Bertz CT molecular complexity index is 535. The summed E-state index contributed by atoms with van der Waals surface area (Å²) in [6.07, 6.45) is 3.90. The lowest BCUT2D eigenvalue weighted by molar-refractivity contribution is 0.276. The molecule has 0 bridgehead atoms. The zero-order chi connectivity index (χ0) is 14.5. The van der Waals surface area contributed by atoms with Gasteiger partial charge >= 0.3 is 0 Å². The first kappa shape index (κ1) is 15.6. The average molecular weight is 312 g/mol. The fourth-order valence-corrected chi connectivity index (χ4v) is 3.36. The van der Waals surface area contributed by atoms with Gasteiger partial charge in [-0.2, -0.15) is 11.8 Å². The van der Waals surface area contributed by atoms with Crippen molar-refractivity contribution < 1.29 is 9.52 Å². The maximum absolute atomic E-state index is 9.27. The van der Waals surface area contributed by atoms with E-state index in [-0.39, 0.29) is 17.9 Å². The van der Waals surface area contributed by atoms with E-state index in [1.54, 1.807) is 23.1 Å². The third kappa shape index (κ3) is 3.85. The minimum Gasteiger partial charge on any atom is -0.459 e. The second kappa shape index (κ2) is 7.26. The summed E-state index contributed by atoms with van der Waals surface area (Å²) in [6, 6.07) is 4.15. The van der Waals surface area contributed by atoms with Gasteiger partial charge in [0.2, 0.25) is 0 Å². The normalized spacial score (nSPS) is 14.4. The molecule has 0 radical (unpaired) electrons. The molecule has 4 nitrogen and oxygen atoms in total. The van der Waals surface area contributed by atoms with Gasteiger partial charge in [0.1, 0.15) is 5.76 Å². The van der Waals surface area contributed by atoms with Crippen LogP contribution in [0.4, 0.5) is 0 Å². The molecular weight excluding hydrogens is 292 g/mol. The molecule has 2 atom stereocenters. The fraction of sp³-hybridized carbons (Fsp3) is 0.500. The van der Waals surface area contributed by atoms with Gasteiger partial charge in [0, 0.05) is 28.9 Å².